The van der Waals surface area contributed by atoms with Crippen LogP contribution < -0.4 is 10.2 Å². The second-order valence-corrected chi connectivity index (χ2v) is 9.16. The van der Waals surface area contributed by atoms with Crippen molar-refractivity contribution in [3.8, 4) is 0 Å². The normalized spacial score (nSPS) is 13.8. The molecule has 6 heteroatoms. The van der Waals surface area contributed by atoms with Crippen LogP contribution in [0.5, 0.6) is 0 Å². The van der Waals surface area contributed by atoms with Crippen LogP contribution in [0, 0.1) is 13.8 Å². The van der Waals surface area contributed by atoms with Crippen molar-refractivity contribution in [1.82, 2.24) is 0 Å². The van der Waals surface area contributed by atoms with Gasteiger partial charge in [0.05, 0.1) is 5.69 Å². The van der Waals surface area contributed by atoms with Crippen molar-refractivity contribution in [2.45, 2.75) is 32.1 Å². The van der Waals surface area contributed by atoms with Crippen LogP contribution in [0.4, 0.5) is 11.4 Å². The minimum atomic E-state index is -0.399. The SMILES string of the molecule is CCc1ccc(NC2=C(Sc3ccc(C)cc3)C(=O)N(c3ccc(C)c(Cl)c3)C2=O)cc1. The van der Waals surface area contributed by atoms with E-state index in [1.165, 1.54) is 22.2 Å². The number of nitrogens with one attached hydrogen (secondary N) is 1. The Hall–Kier alpha value is -3.02. The lowest BCUT2D eigenvalue weighted by Crippen LogP contribution is -2.32. The van der Waals surface area contributed by atoms with Crippen LogP contribution in [0.15, 0.2) is 82.2 Å². The van der Waals surface area contributed by atoms with E-state index >= 15 is 0 Å². The molecule has 4 rings (SSSR count). The number of hydrogen-bond acceptors (Lipinski definition) is 4. The Morgan fingerprint density at radius 2 is 1.59 bits per heavy atom. The lowest BCUT2D eigenvalue weighted by molar-refractivity contribution is -0.120. The Bertz CT molecular complexity index is 1220. The predicted molar refractivity (Wildman–Crippen MR) is 132 cm³/mol. The zero-order valence-electron chi connectivity index (χ0n) is 18.1. The molecule has 0 radical (unpaired) electrons. The van der Waals surface area contributed by atoms with Gasteiger partial charge in [0.1, 0.15) is 10.6 Å². The average Bonchev–Trinajstić information content (AvgIpc) is 3.01. The molecule has 0 saturated heterocycles. The molecule has 2 amide bonds. The van der Waals surface area contributed by atoms with E-state index in [2.05, 4.69) is 12.2 Å². The standard InChI is InChI=1S/C26H23ClN2O2S/c1-4-18-8-10-19(11-9-18)28-23-24(32-21-13-5-16(2)6-14-21)26(31)29(25(23)30)20-12-7-17(3)22(27)15-20/h5-15,28H,4H2,1-3H3. The van der Waals surface area contributed by atoms with E-state index in [-0.39, 0.29) is 11.6 Å². The summed E-state index contributed by atoms with van der Waals surface area (Å²) in [6, 6.07) is 20.9. The number of carbonyl (C=O) groups excluding carboxylic acids is 2. The topological polar surface area (TPSA) is 49.4 Å². The van der Waals surface area contributed by atoms with Crippen molar-refractivity contribution in [2.75, 3.05) is 10.2 Å². The van der Waals surface area contributed by atoms with Gasteiger partial charge in [0.2, 0.25) is 0 Å². The number of rotatable bonds is 6. The molecule has 3 aromatic rings. The number of hydrogen-bond donors (Lipinski definition) is 1. The van der Waals surface area contributed by atoms with Crippen LogP contribution in [0.3, 0.4) is 0 Å². The van der Waals surface area contributed by atoms with Gasteiger partial charge in [0.25, 0.3) is 11.8 Å². The van der Waals surface area contributed by atoms with Crippen LogP contribution in [0.25, 0.3) is 0 Å². The first-order chi connectivity index (χ1) is 15.4. The van der Waals surface area contributed by atoms with Gasteiger partial charge in [-0.3, -0.25) is 9.59 Å². The molecule has 0 fully saturated rings. The van der Waals surface area contributed by atoms with E-state index < -0.39 is 5.91 Å². The molecule has 1 aliphatic heterocycles. The lowest BCUT2D eigenvalue weighted by Gasteiger charge is -2.16. The molecule has 0 saturated carbocycles. The Kier molecular flexibility index (Phi) is 6.40. The van der Waals surface area contributed by atoms with E-state index in [9.17, 15) is 9.59 Å². The molecule has 1 heterocycles. The Morgan fingerprint density at radius 1 is 0.906 bits per heavy atom. The Morgan fingerprint density at radius 3 is 2.22 bits per heavy atom. The van der Waals surface area contributed by atoms with Crippen molar-refractivity contribution in [3.63, 3.8) is 0 Å². The first-order valence-corrected chi connectivity index (χ1v) is 11.6. The number of anilines is 2. The van der Waals surface area contributed by atoms with Gasteiger partial charge < -0.3 is 5.32 Å². The summed E-state index contributed by atoms with van der Waals surface area (Å²) in [5.74, 6) is -0.766. The number of halogens is 1. The molecule has 4 nitrogen and oxygen atoms in total. The van der Waals surface area contributed by atoms with E-state index in [4.69, 9.17) is 11.6 Å². The van der Waals surface area contributed by atoms with Gasteiger partial charge in [-0.15, -0.1) is 0 Å². The fourth-order valence-electron chi connectivity index (χ4n) is 3.36. The maximum absolute atomic E-state index is 13.4. The molecule has 32 heavy (non-hydrogen) atoms. The molecular weight excluding hydrogens is 440 g/mol. The Labute approximate surface area is 197 Å². The fourth-order valence-corrected chi connectivity index (χ4v) is 4.46. The molecule has 0 aliphatic carbocycles. The highest BCUT2D eigenvalue weighted by Crippen LogP contribution is 2.38. The summed E-state index contributed by atoms with van der Waals surface area (Å²) in [4.78, 5) is 29.3. The van der Waals surface area contributed by atoms with Gasteiger partial charge >= 0.3 is 0 Å². The highest BCUT2D eigenvalue weighted by molar-refractivity contribution is 8.04. The van der Waals surface area contributed by atoms with Crippen molar-refractivity contribution in [1.29, 1.82) is 0 Å². The van der Waals surface area contributed by atoms with E-state index in [0.717, 1.165) is 28.1 Å². The first kappa shape index (κ1) is 22.2. The molecule has 0 unspecified atom stereocenters. The van der Waals surface area contributed by atoms with Gasteiger partial charge in [-0.05, 0) is 67.8 Å². The average molecular weight is 463 g/mol. The van der Waals surface area contributed by atoms with Crippen LogP contribution in [-0.2, 0) is 16.0 Å². The van der Waals surface area contributed by atoms with Gasteiger partial charge in [-0.2, -0.15) is 0 Å². The number of aryl methyl sites for hydroxylation is 3. The summed E-state index contributed by atoms with van der Waals surface area (Å²) in [6.07, 6.45) is 0.927. The van der Waals surface area contributed by atoms with E-state index in [1.807, 2.05) is 62.4 Å². The van der Waals surface area contributed by atoms with Crippen LogP contribution in [-0.4, -0.2) is 11.8 Å². The largest absolute Gasteiger partial charge is 0.350 e. The minimum absolute atomic E-state index is 0.265. The highest BCUT2D eigenvalue weighted by Gasteiger charge is 2.40. The van der Waals surface area contributed by atoms with Gasteiger partial charge in [0, 0.05) is 15.6 Å². The molecule has 0 aromatic heterocycles. The minimum Gasteiger partial charge on any atom is -0.350 e. The Balaban J connectivity index is 1.73. The summed E-state index contributed by atoms with van der Waals surface area (Å²) in [5.41, 5.74) is 4.68. The molecular formula is C26H23ClN2O2S. The van der Waals surface area contributed by atoms with Gasteiger partial charge in [-0.25, -0.2) is 4.90 Å². The fraction of sp³-hybridized carbons (Fsp3) is 0.154. The van der Waals surface area contributed by atoms with Crippen LogP contribution in [0.1, 0.15) is 23.6 Å². The van der Waals surface area contributed by atoms with Crippen molar-refractivity contribution in [2.24, 2.45) is 0 Å². The maximum atomic E-state index is 13.4. The second kappa shape index (κ2) is 9.23. The van der Waals surface area contributed by atoms with E-state index in [0.29, 0.717) is 15.6 Å². The lowest BCUT2D eigenvalue weighted by atomic mass is 10.1. The number of nitrogens with zero attached hydrogens (tertiary/aromatic N) is 1. The van der Waals surface area contributed by atoms with Crippen molar-refractivity contribution < 1.29 is 9.59 Å². The maximum Gasteiger partial charge on any atom is 0.283 e. The molecule has 0 atom stereocenters. The third-order valence-corrected chi connectivity index (χ3v) is 6.83. The smallest absolute Gasteiger partial charge is 0.283 e. The van der Waals surface area contributed by atoms with Crippen molar-refractivity contribution in [3.05, 3.63) is 99.0 Å². The zero-order chi connectivity index (χ0) is 22.8. The van der Waals surface area contributed by atoms with E-state index in [1.54, 1.807) is 18.2 Å². The molecule has 1 N–H and O–H groups in total. The molecule has 0 bridgehead atoms. The summed E-state index contributed by atoms with van der Waals surface area (Å²) in [7, 11) is 0. The van der Waals surface area contributed by atoms with Crippen molar-refractivity contribution >= 4 is 46.6 Å². The number of amides is 2. The summed E-state index contributed by atoms with van der Waals surface area (Å²) >= 11 is 7.56. The number of imide groups is 1. The number of carbonyl (C=O) groups is 2. The summed E-state index contributed by atoms with van der Waals surface area (Å²) < 4.78 is 0. The number of benzene rings is 3. The van der Waals surface area contributed by atoms with Crippen LogP contribution in [0.2, 0.25) is 5.02 Å². The second-order valence-electron chi connectivity index (χ2n) is 7.67. The quantitative estimate of drug-likeness (QED) is 0.424. The molecule has 162 valence electrons. The zero-order valence-corrected chi connectivity index (χ0v) is 19.7. The third kappa shape index (κ3) is 4.45. The number of thioether (sulfide) groups is 1. The summed E-state index contributed by atoms with van der Waals surface area (Å²) in [5, 5.41) is 3.70. The highest BCUT2D eigenvalue weighted by atomic mass is 35.5. The monoisotopic (exact) mass is 462 g/mol. The summed E-state index contributed by atoms with van der Waals surface area (Å²) in [6.45, 7) is 5.97. The third-order valence-electron chi connectivity index (χ3n) is 5.33. The molecule has 0 spiro atoms. The molecule has 1 aliphatic rings. The van der Waals surface area contributed by atoms with Gasteiger partial charge in [-0.1, -0.05) is 66.2 Å². The predicted octanol–water partition coefficient (Wildman–Crippen LogP) is 6.51. The van der Waals surface area contributed by atoms with Crippen LogP contribution >= 0.6 is 23.4 Å². The molecule has 3 aromatic carbocycles. The van der Waals surface area contributed by atoms with Gasteiger partial charge in [0.15, 0.2) is 0 Å². The first-order valence-electron chi connectivity index (χ1n) is 10.4.